The molecule has 5 nitrogen and oxygen atoms in total. The highest BCUT2D eigenvalue weighted by Gasteiger charge is 2.24. The van der Waals surface area contributed by atoms with Crippen LogP contribution in [0, 0.1) is 17.2 Å². The Bertz CT molecular complexity index is 1510. The van der Waals surface area contributed by atoms with E-state index in [4.69, 9.17) is 4.99 Å². The highest BCUT2D eigenvalue weighted by Crippen LogP contribution is 2.38. The van der Waals surface area contributed by atoms with Gasteiger partial charge in [0.05, 0.1) is 11.2 Å². The molecule has 2 unspecified atom stereocenters. The maximum absolute atomic E-state index is 13.5. The van der Waals surface area contributed by atoms with Gasteiger partial charge in [0.15, 0.2) is 23.0 Å². The van der Waals surface area contributed by atoms with E-state index < -0.39 is 6.10 Å². The van der Waals surface area contributed by atoms with Crippen LogP contribution >= 0.6 is 23.7 Å². The zero-order valence-corrected chi connectivity index (χ0v) is 20.4. The zero-order valence-electron chi connectivity index (χ0n) is 18.8. The van der Waals surface area contributed by atoms with E-state index in [-0.39, 0.29) is 18.0 Å². The number of benzene rings is 2. The number of para-hydroxylation sites is 1. The Balaban J connectivity index is 1.59. The van der Waals surface area contributed by atoms with Crippen LogP contribution in [0.3, 0.4) is 0 Å². The van der Waals surface area contributed by atoms with E-state index in [0.29, 0.717) is 27.0 Å². The molecule has 0 bridgehead atoms. The molecule has 5 rings (SSSR count). The summed E-state index contributed by atoms with van der Waals surface area (Å²) < 4.78 is 14.8. The molecule has 0 saturated carbocycles. The van der Waals surface area contributed by atoms with Crippen molar-refractivity contribution in [2.45, 2.75) is 19.4 Å². The third-order valence-electron chi connectivity index (χ3n) is 5.89. The first-order valence-electron chi connectivity index (χ1n) is 11.1. The molecular formula is C27H21FN4OS2. The Labute approximate surface area is 211 Å². The molecule has 1 aliphatic rings. The first-order chi connectivity index (χ1) is 17.1. The number of aliphatic imine (C=N–C) groups is 1. The molecule has 1 aliphatic carbocycles. The summed E-state index contributed by atoms with van der Waals surface area (Å²) in [5.41, 5.74) is 3.99. The Hall–Kier alpha value is -3.51. The molecule has 8 heteroatoms. The number of rotatable bonds is 6. The number of halogens is 1. The number of aromatic nitrogens is 2. The first-order valence-corrected chi connectivity index (χ1v) is 12.6. The van der Waals surface area contributed by atoms with Crippen LogP contribution in [0.1, 0.15) is 41.3 Å². The summed E-state index contributed by atoms with van der Waals surface area (Å²) >= 11 is 1.24. The molecule has 2 aromatic carbocycles. The van der Waals surface area contributed by atoms with Gasteiger partial charge in [0.1, 0.15) is 17.2 Å². The van der Waals surface area contributed by atoms with Crippen molar-refractivity contribution in [2.24, 2.45) is 10.9 Å². The summed E-state index contributed by atoms with van der Waals surface area (Å²) in [5, 5.41) is 22.5. The van der Waals surface area contributed by atoms with Crippen molar-refractivity contribution in [3.8, 4) is 6.07 Å². The molecule has 0 aliphatic heterocycles. The van der Waals surface area contributed by atoms with Gasteiger partial charge in [-0.15, -0.1) is 3.89 Å². The third kappa shape index (κ3) is 4.58. The fourth-order valence-electron chi connectivity index (χ4n) is 4.07. The van der Waals surface area contributed by atoms with E-state index in [1.165, 1.54) is 15.3 Å². The molecule has 0 fully saturated rings. The monoisotopic (exact) mass is 500 g/mol. The van der Waals surface area contributed by atoms with Gasteiger partial charge in [-0.2, -0.15) is 5.26 Å². The number of thiazole rings is 1. The van der Waals surface area contributed by atoms with E-state index in [9.17, 15) is 14.3 Å². The van der Waals surface area contributed by atoms with Gasteiger partial charge >= 0.3 is 0 Å². The summed E-state index contributed by atoms with van der Waals surface area (Å²) in [7, 11) is 0. The number of aliphatic hydroxyl groups is 1. The topological polar surface area (TPSA) is 74.2 Å². The van der Waals surface area contributed by atoms with Crippen LogP contribution < -0.4 is 0 Å². The van der Waals surface area contributed by atoms with Crippen molar-refractivity contribution in [2.75, 3.05) is 0 Å². The van der Waals surface area contributed by atoms with Gasteiger partial charge in [0.2, 0.25) is 0 Å². The SMILES string of the molecule is CC1C=CC(/C(=N/c2sc(C(O)c3cn(SF)c4ccccc34)nc2C#N)c2ccccc2)=CC1. The molecule has 2 aromatic heterocycles. The van der Waals surface area contributed by atoms with E-state index in [1.807, 2.05) is 48.5 Å². The van der Waals surface area contributed by atoms with Crippen LogP contribution in [0.15, 0.2) is 89.6 Å². The quantitative estimate of drug-likeness (QED) is 0.287. The van der Waals surface area contributed by atoms with E-state index in [2.05, 4.69) is 36.2 Å². The van der Waals surface area contributed by atoms with Gasteiger partial charge in [0, 0.05) is 22.7 Å². The first kappa shape index (κ1) is 23.2. The average molecular weight is 501 g/mol. The van der Waals surface area contributed by atoms with Crippen molar-refractivity contribution in [1.29, 1.82) is 5.26 Å². The Morgan fingerprint density at radius 1 is 1.26 bits per heavy atom. The number of hydrogen-bond acceptors (Lipinski definition) is 6. The smallest absolute Gasteiger partial charge is 0.177 e. The number of fused-ring (bicyclic) bond motifs is 1. The van der Waals surface area contributed by atoms with Gasteiger partial charge in [0.25, 0.3) is 0 Å². The number of allylic oxidation sites excluding steroid dienone is 4. The standard InChI is InChI=1S/C27H21FN4OS2/c1-17-11-13-19(14-12-17)24(18-7-3-2-4-8-18)31-26-22(15-29)30-27(34-26)25(33)21-16-32(35-28)23-10-6-5-9-20(21)23/h2-11,13-14,16-17,25,33H,12H2,1H3/b31-24+. The molecule has 0 amide bonds. The highest BCUT2D eigenvalue weighted by molar-refractivity contribution is 7.92. The molecular weight excluding hydrogens is 479 g/mol. The van der Waals surface area contributed by atoms with Crippen molar-refractivity contribution in [3.05, 3.63) is 106 Å². The summed E-state index contributed by atoms with van der Waals surface area (Å²) in [6, 6.07) is 19.2. The average Bonchev–Trinajstić information content (AvgIpc) is 3.49. The molecule has 174 valence electrons. The predicted octanol–water partition coefficient (Wildman–Crippen LogP) is 7.08. The lowest BCUT2D eigenvalue weighted by Gasteiger charge is -2.14. The van der Waals surface area contributed by atoms with Gasteiger partial charge in [-0.25, -0.2) is 9.98 Å². The molecule has 1 N–H and O–H groups in total. The second kappa shape index (κ2) is 10.0. The molecule has 35 heavy (non-hydrogen) atoms. The maximum Gasteiger partial charge on any atom is 0.177 e. The van der Waals surface area contributed by atoms with E-state index in [0.717, 1.165) is 28.7 Å². The lowest BCUT2D eigenvalue weighted by molar-refractivity contribution is 0.221. The van der Waals surface area contributed by atoms with Gasteiger partial charge in [-0.1, -0.05) is 85.0 Å². The van der Waals surface area contributed by atoms with Gasteiger partial charge in [-0.05, 0) is 24.0 Å². The Morgan fingerprint density at radius 2 is 2.03 bits per heavy atom. The third-order valence-corrected chi connectivity index (χ3v) is 7.34. The number of nitriles is 1. The molecule has 0 saturated heterocycles. The normalized spacial score (nSPS) is 16.8. The fourth-order valence-corrected chi connectivity index (χ4v) is 5.36. The van der Waals surface area contributed by atoms with Crippen molar-refractivity contribution in [1.82, 2.24) is 8.96 Å². The Morgan fingerprint density at radius 3 is 2.74 bits per heavy atom. The predicted molar refractivity (Wildman–Crippen MR) is 141 cm³/mol. The van der Waals surface area contributed by atoms with E-state index in [1.54, 1.807) is 12.3 Å². The fraction of sp³-hybridized carbons (Fsp3) is 0.148. The number of nitrogens with zero attached hydrogens (tertiary/aromatic N) is 4. The minimum absolute atomic E-state index is 0.0682. The second-order valence-corrected chi connectivity index (χ2v) is 9.82. The van der Waals surface area contributed by atoms with Crippen molar-refractivity contribution in [3.63, 3.8) is 0 Å². The summed E-state index contributed by atoms with van der Waals surface area (Å²) in [6.07, 6.45) is 7.72. The van der Waals surface area contributed by atoms with Crippen LogP contribution in [0.5, 0.6) is 0 Å². The van der Waals surface area contributed by atoms with Crippen LogP contribution in [-0.4, -0.2) is 19.8 Å². The second-order valence-electron chi connectivity index (χ2n) is 8.27. The van der Waals surface area contributed by atoms with Crippen LogP contribution in [0.25, 0.3) is 10.9 Å². The molecule has 0 radical (unpaired) electrons. The number of hydrogen-bond donors (Lipinski definition) is 1. The van der Waals surface area contributed by atoms with Crippen LogP contribution in [-0.2, 0) is 0 Å². The van der Waals surface area contributed by atoms with Gasteiger partial charge < -0.3 is 5.11 Å². The van der Waals surface area contributed by atoms with Crippen molar-refractivity contribution >= 4 is 45.3 Å². The molecule has 2 atom stereocenters. The zero-order chi connectivity index (χ0) is 24.4. The lowest BCUT2D eigenvalue weighted by Crippen LogP contribution is -2.07. The summed E-state index contributed by atoms with van der Waals surface area (Å²) in [4.78, 5) is 9.28. The van der Waals surface area contributed by atoms with Crippen LogP contribution in [0.4, 0.5) is 8.89 Å². The number of aliphatic hydroxyl groups excluding tert-OH is 1. The highest BCUT2D eigenvalue weighted by atomic mass is 32.2. The lowest BCUT2D eigenvalue weighted by atomic mass is 9.93. The minimum Gasteiger partial charge on any atom is -0.381 e. The van der Waals surface area contributed by atoms with Gasteiger partial charge in [-0.3, -0.25) is 3.97 Å². The Kier molecular flexibility index (Phi) is 6.64. The summed E-state index contributed by atoms with van der Waals surface area (Å²) in [6.45, 7) is 2.16. The maximum atomic E-state index is 13.5. The summed E-state index contributed by atoms with van der Waals surface area (Å²) in [5.74, 6) is 0.459. The molecule has 2 heterocycles. The van der Waals surface area contributed by atoms with Crippen LogP contribution in [0.2, 0.25) is 0 Å². The molecule has 0 spiro atoms. The minimum atomic E-state index is -1.12. The van der Waals surface area contributed by atoms with E-state index >= 15 is 0 Å². The largest absolute Gasteiger partial charge is 0.381 e. The van der Waals surface area contributed by atoms with Crippen molar-refractivity contribution < 1.29 is 8.99 Å². The molecule has 4 aromatic rings.